The van der Waals surface area contributed by atoms with Crippen molar-refractivity contribution < 1.29 is 9.18 Å². The Morgan fingerprint density at radius 3 is 2.41 bits per heavy atom. The standard InChI is InChI=1S/C18H12ClFN4.C3H7NO/c1-10-6-21-9-15(24-10)14-8-23-18-16(17(14)19)13(7-22-18)11-2-4-12(20)5-3-11;1-4(2)3-5/h2-9H,1H3,(H,22,23);3H,1-2H3. The first kappa shape index (κ1) is 20.4. The maximum absolute atomic E-state index is 13.2. The normalized spacial score (nSPS) is 10.4. The summed E-state index contributed by atoms with van der Waals surface area (Å²) in [5.74, 6) is -0.279. The van der Waals surface area contributed by atoms with Gasteiger partial charge >= 0.3 is 0 Å². The molecule has 29 heavy (non-hydrogen) atoms. The topological polar surface area (TPSA) is 74.8 Å². The van der Waals surface area contributed by atoms with Crippen molar-refractivity contribution in [1.29, 1.82) is 0 Å². The van der Waals surface area contributed by atoms with E-state index in [1.165, 1.54) is 17.0 Å². The third-order valence-electron chi connectivity index (χ3n) is 4.04. The number of carbonyl (C=O) groups excluding carboxylic acids is 1. The second-order valence-electron chi connectivity index (χ2n) is 6.53. The summed E-state index contributed by atoms with van der Waals surface area (Å²) in [7, 11) is 3.38. The highest BCUT2D eigenvalue weighted by atomic mass is 35.5. The number of aryl methyl sites for hydroxylation is 1. The molecule has 0 aliphatic carbocycles. The van der Waals surface area contributed by atoms with Crippen LogP contribution in [0.1, 0.15) is 5.69 Å². The molecular weight excluding hydrogens is 393 g/mol. The van der Waals surface area contributed by atoms with Gasteiger partial charge in [0.1, 0.15) is 11.5 Å². The van der Waals surface area contributed by atoms with Gasteiger partial charge in [-0.05, 0) is 24.6 Å². The van der Waals surface area contributed by atoms with E-state index in [1.54, 1.807) is 44.8 Å². The zero-order valence-electron chi connectivity index (χ0n) is 16.1. The number of aromatic amines is 1. The number of fused-ring (bicyclic) bond motifs is 1. The summed E-state index contributed by atoms with van der Waals surface area (Å²) < 4.78 is 13.2. The summed E-state index contributed by atoms with van der Waals surface area (Å²) in [6.45, 7) is 1.87. The van der Waals surface area contributed by atoms with Crippen molar-refractivity contribution in [3.8, 4) is 22.4 Å². The summed E-state index contributed by atoms with van der Waals surface area (Å²) in [5.41, 5.74) is 4.58. The van der Waals surface area contributed by atoms with E-state index in [9.17, 15) is 9.18 Å². The molecule has 0 aliphatic heterocycles. The van der Waals surface area contributed by atoms with Crippen LogP contribution in [0, 0.1) is 12.7 Å². The van der Waals surface area contributed by atoms with E-state index in [0.29, 0.717) is 21.9 Å². The molecule has 0 bridgehead atoms. The van der Waals surface area contributed by atoms with Gasteiger partial charge in [0.15, 0.2) is 0 Å². The van der Waals surface area contributed by atoms with Crippen LogP contribution in [0.15, 0.2) is 49.1 Å². The second-order valence-corrected chi connectivity index (χ2v) is 6.91. The van der Waals surface area contributed by atoms with Crippen molar-refractivity contribution in [3.63, 3.8) is 0 Å². The maximum Gasteiger partial charge on any atom is 0.209 e. The lowest BCUT2D eigenvalue weighted by Gasteiger charge is -2.07. The van der Waals surface area contributed by atoms with Crippen LogP contribution in [0.4, 0.5) is 4.39 Å². The molecule has 0 unspecified atom stereocenters. The molecule has 0 saturated heterocycles. The highest BCUT2D eigenvalue weighted by Crippen LogP contribution is 2.37. The summed E-state index contributed by atoms with van der Waals surface area (Å²) >= 11 is 6.65. The number of aromatic nitrogens is 4. The second kappa shape index (κ2) is 8.79. The SMILES string of the molecule is CN(C)C=O.Cc1cncc(-c2cnc3[nH]cc(-c4ccc(F)cc4)c3c2Cl)n1. The van der Waals surface area contributed by atoms with Crippen molar-refractivity contribution in [2.75, 3.05) is 14.1 Å². The fourth-order valence-electron chi connectivity index (χ4n) is 2.69. The first-order valence-electron chi connectivity index (χ1n) is 8.73. The van der Waals surface area contributed by atoms with Gasteiger partial charge in [-0.2, -0.15) is 0 Å². The van der Waals surface area contributed by atoms with Crippen molar-refractivity contribution in [3.05, 3.63) is 65.6 Å². The summed E-state index contributed by atoms with van der Waals surface area (Å²) in [5, 5.41) is 1.32. The van der Waals surface area contributed by atoms with Gasteiger partial charge in [0.25, 0.3) is 0 Å². The quantitative estimate of drug-likeness (QED) is 0.504. The molecule has 0 radical (unpaired) electrons. The average molecular weight is 412 g/mol. The lowest BCUT2D eigenvalue weighted by Crippen LogP contribution is -2.06. The molecule has 0 saturated carbocycles. The molecule has 8 heteroatoms. The van der Waals surface area contributed by atoms with E-state index < -0.39 is 0 Å². The number of benzene rings is 1. The van der Waals surface area contributed by atoms with Crippen LogP contribution in [0.2, 0.25) is 5.02 Å². The fourth-order valence-corrected chi connectivity index (χ4v) is 3.02. The summed E-state index contributed by atoms with van der Waals surface area (Å²) in [4.78, 5) is 27.0. The molecule has 1 N–H and O–H groups in total. The number of hydrogen-bond acceptors (Lipinski definition) is 4. The van der Waals surface area contributed by atoms with Gasteiger partial charge in [-0.15, -0.1) is 0 Å². The molecule has 4 rings (SSSR count). The molecule has 3 heterocycles. The molecule has 3 aromatic heterocycles. The fraction of sp³-hybridized carbons (Fsp3) is 0.143. The third-order valence-corrected chi connectivity index (χ3v) is 4.43. The third kappa shape index (κ3) is 4.57. The Hall–Kier alpha value is -3.32. The van der Waals surface area contributed by atoms with Crippen LogP contribution >= 0.6 is 11.6 Å². The van der Waals surface area contributed by atoms with Gasteiger partial charge < -0.3 is 9.88 Å². The number of H-pyrrole nitrogens is 1. The predicted octanol–water partition coefficient (Wildman–Crippen LogP) is 4.49. The van der Waals surface area contributed by atoms with Crippen molar-refractivity contribution in [1.82, 2.24) is 24.8 Å². The first-order valence-corrected chi connectivity index (χ1v) is 9.10. The lowest BCUT2D eigenvalue weighted by molar-refractivity contribution is -0.115. The highest BCUT2D eigenvalue weighted by Gasteiger charge is 2.16. The Labute approximate surface area is 172 Å². The molecule has 0 atom stereocenters. The predicted molar refractivity (Wildman–Crippen MR) is 112 cm³/mol. The Kier molecular flexibility index (Phi) is 6.19. The molecule has 148 valence electrons. The lowest BCUT2D eigenvalue weighted by atomic mass is 10.0. The Morgan fingerprint density at radius 1 is 1.10 bits per heavy atom. The van der Waals surface area contributed by atoms with Gasteiger partial charge in [-0.1, -0.05) is 23.7 Å². The van der Waals surface area contributed by atoms with Crippen molar-refractivity contribution >= 4 is 29.0 Å². The number of halogens is 2. The van der Waals surface area contributed by atoms with Crippen molar-refractivity contribution in [2.24, 2.45) is 0 Å². The van der Waals surface area contributed by atoms with Crippen LogP contribution in [-0.2, 0) is 4.79 Å². The van der Waals surface area contributed by atoms with Gasteiger partial charge in [0.2, 0.25) is 6.41 Å². The molecular formula is C21H19ClFN5O. The van der Waals surface area contributed by atoms with Gasteiger partial charge in [0, 0.05) is 49.2 Å². The van der Waals surface area contributed by atoms with Crippen LogP contribution in [0.5, 0.6) is 0 Å². The highest BCUT2D eigenvalue weighted by molar-refractivity contribution is 6.39. The molecule has 1 amide bonds. The molecule has 0 aliphatic rings. The minimum atomic E-state index is -0.279. The largest absolute Gasteiger partial charge is 0.351 e. The van der Waals surface area contributed by atoms with Crippen LogP contribution < -0.4 is 0 Å². The molecule has 0 fully saturated rings. The minimum absolute atomic E-state index is 0.279. The zero-order valence-corrected chi connectivity index (χ0v) is 16.9. The van der Waals surface area contributed by atoms with Gasteiger partial charge in [-0.25, -0.2) is 14.4 Å². The summed E-state index contributed by atoms with van der Waals surface area (Å²) in [6.07, 6.45) is 7.59. The maximum atomic E-state index is 13.2. The van der Waals surface area contributed by atoms with Gasteiger partial charge in [-0.3, -0.25) is 9.78 Å². The number of nitrogens with zero attached hydrogens (tertiary/aromatic N) is 4. The average Bonchev–Trinajstić information content (AvgIpc) is 3.14. The van der Waals surface area contributed by atoms with E-state index in [2.05, 4.69) is 19.9 Å². The molecule has 4 aromatic rings. The van der Waals surface area contributed by atoms with E-state index in [4.69, 9.17) is 11.6 Å². The van der Waals surface area contributed by atoms with Crippen LogP contribution in [0.25, 0.3) is 33.4 Å². The van der Waals surface area contributed by atoms with Crippen LogP contribution in [0.3, 0.4) is 0 Å². The van der Waals surface area contributed by atoms with E-state index >= 15 is 0 Å². The van der Waals surface area contributed by atoms with E-state index in [-0.39, 0.29) is 5.82 Å². The number of pyridine rings is 1. The number of amides is 1. The Bertz CT molecular complexity index is 1140. The van der Waals surface area contributed by atoms with Crippen LogP contribution in [-0.4, -0.2) is 45.3 Å². The molecule has 0 spiro atoms. The zero-order chi connectivity index (χ0) is 21.0. The number of carbonyl (C=O) groups is 1. The molecule has 1 aromatic carbocycles. The van der Waals surface area contributed by atoms with E-state index in [0.717, 1.165) is 28.6 Å². The summed E-state index contributed by atoms with van der Waals surface area (Å²) in [6, 6.07) is 6.28. The smallest absolute Gasteiger partial charge is 0.209 e. The molecule has 6 nitrogen and oxygen atoms in total. The number of nitrogens with one attached hydrogen (secondary N) is 1. The first-order chi connectivity index (χ1) is 13.9. The Balaban J connectivity index is 0.000000431. The minimum Gasteiger partial charge on any atom is -0.351 e. The van der Waals surface area contributed by atoms with Crippen molar-refractivity contribution in [2.45, 2.75) is 6.92 Å². The monoisotopic (exact) mass is 411 g/mol. The number of hydrogen-bond donors (Lipinski definition) is 1. The Morgan fingerprint density at radius 2 is 1.79 bits per heavy atom. The number of rotatable bonds is 3. The van der Waals surface area contributed by atoms with Gasteiger partial charge in [0.05, 0.1) is 22.6 Å². The van der Waals surface area contributed by atoms with E-state index in [1.807, 2.05) is 13.1 Å².